The van der Waals surface area contributed by atoms with Crippen molar-refractivity contribution in [3.05, 3.63) is 17.5 Å². The fourth-order valence-corrected chi connectivity index (χ4v) is 1.32. The average molecular weight is 297 g/mol. The molecule has 1 aromatic rings. The minimum Gasteiger partial charge on any atom is -0.475 e. The number of aromatic nitrogens is 3. The Hall–Kier alpha value is -2.58. The number of carbonyl (C=O) groups excluding carboxylic acids is 1. The highest BCUT2D eigenvalue weighted by atomic mass is 16.6. The number of carbonyl (C=O) groups is 3. The number of nitrogens with zero attached hydrogens (tertiary/aromatic N) is 3. The molecule has 1 heterocycles. The topological polar surface area (TPSA) is 140 Å². The molecule has 0 aliphatic rings. The van der Waals surface area contributed by atoms with Gasteiger partial charge in [-0.25, -0.2) is 14.4 Å². The first-order valence-corrected chi connectivity index (χ1v) is 6.18. The van der Waals surface area contributed by atoms with Crippen LogP contribution in [0.15, 0.2) is 0 Å². The van der Waals surface area contributed by atoms with Crippen LogP contribution in [0.1, 0.15) is 65.5 Å². The summed E-state index contributed by atoms with van der Waals surface area (Å²) < 4.78 is 5.21. The minimum absolute atomic E-state index is 0.526. The Morgan fingerprint density at radius 1 is 0.952 bits per heavy atom. The molecule has 0 saturated heterocycles. The molecule has 21 heavy (non-hydrogen) atoms. The molecule has 114 valence electrons. The second-order valence-electron chi connectivity index (χ2n) is 4.46. The SMILES string of the molecule is CCC(C)(CC)OC(=O)c1nc(C(=O)O)nc(C(=O)O)n1. The zero-order chi connectivity index (χ0) is 16.2. The molecule has 9 heteroatoms. The van der Waals surface area contributed by atoms with Gasteiger partial charge < -0.3 is 14.9 Å². The van der Waals surface area contributed by atoms with Crippen molar-refractivity contribution in [2.45, 2.75) is 39.2 Å². The molecule has 0 amide bonds. The Morgan fingerprint density at radius 2 is 1.33 bits per heavy atom. The van der Waals surface area contributed by atoms with Crippen molar-refractivity contribution in [3.63, 3.8) is 0 Å². The van der Waals surface area contributed by atoms with Crippen LogP contribution in [0.2, 0.25) is 0 Å². The molecular weight excluding hydrogens is 282 g/mol. The standard InChI is InChI=1S/C12H15N3O6/c1-4-12(3,5-2)21-11(20)8-14-6(9(16)17)13-7(15-8)10(18)19/h4-5H2,1-3H3,(H,16,17)(H,18,19). The largest absolute Gasteiger partial charge is 0.475 e. The summed E-state index contributed by atoms with van der Waals surface area (Å²) >= 11 is 0. The maximum Gasteiger partial charge on any atom is 0.377 e. The number of carboxylic acids is 2. The van der Waals surface area contributed by atoms with E-state index in [1.165, 1.54) is 0 Å². The Bertz CT molecular complexity index is 550. The molecule has 9 nitrogen and oxygen atoms in total. The summed E-state index contributed by atoms with van der Waals surface area (Å²) in [5.41, 5.74) is -0.767. The summed E-state index contributed by atoms with van der Waals surface area (Å²) in [7, 11) is 0. The van der Waals surface area contributed by atoms with Crippen molar-refractivity contribution >= 4 is 17.9 Å². The quantitative estimate of drug-likeness (QED) is 0.735. The minimum atomic E-state index is -1.57. The summed E-state index contributed by atoms with van der Waals surface area (Å²) in [6.45, 7) is 5.33. The van der Waals surface area contributed by atoms with E-state index < -0.39 is 41.0 Å². The maximum absolute atomic E-state index is 12.0. The van der Waals surface area contributed by atoms with Gasteiger partial charge in [0.1, 0.15) is 5.60 Å². The first-order chi connectivity index (χ1) is 9.72. The highest BCUT2D eigenvalue weighted by Gasteiger charge is 2.28. The van der Waals surface area contributed by atoms with Crippen molar-refractivity contribution < 1.29 is 29.3 Å². The first kappa shape index (κ1) is 16.5. The summed E-state index contributed by atoms with van der Waals surface area (Å²) in [4.78, 5) is 43.7. The van der Waals surface area contributed by atoms with E-state index in [2.05, 4.69) is 15.0 Å². The molecule has 0 spiro atoms. The third-order valence-corrected chi connectivity index (χ3v) is 3.04. The van der Waals surface area contributed by atoms with Crippen LogP contribution in [-0.2, 0) is 4.74 Å². The van der Waals surface area contributed by atoms with Gasteiger partial charge in [-0.05, 0) is 19.8 Å². The van der Waals surface area contributed by atoms with E-state index in [4.69, 9.17) is 14.9 Å². The molecule has 0 atom stereocenters. The van der Waals surface area contributed by atoms with Gasteiger partial charge in [0.15, 0.2) is 0 Å². The Morgan fingerprint density at radius 3 is 1.67 bits per heavy atom. The normalized spacial score (nSPS) is 11.0. The van der Waals surface area contributed by atoms with Gasteiger partial charge in [0.05, 0.1) is 0 Å². The fourth-order valence-electron chi connectivity index (χ4n) is 1.32. The van der Waals surface area contributed by atoms with Crippen LogP contribution in [-0.4, -0.2) is 48.7 Å². The zero-order valence-corrected chi connectivity index (χ0v) is 11.8. The molecule has 1 rings (SSSR count). The fraction of sp³-hybridized carbons (Fsp3) is 0.500. The summed E-state index contributed by atoms with van der Waals surface area (Å²) in [6.07, 6.45) is 1.05. The van der Waals surface area contributed by atoms with E-state index in [-0.39, 0.29) is 0 Å². The van der Waals surface area contributed by atoms with Crippen LogP contribution in [0.25, 0.3) is 0 Å². The van der Waals surface area contributed by atoms with Gasteiger partial charge in [-0.15, -0.1) is 0 Å². The molecule has 0 fully saturated rings. The van der Waals surface area contributed by atoms with Crippen molar-refractivity contribution in [2.75, 3.05) is 0 Å². The number of rotatable bonds is 6. The van der Waals surface area contributed by atoms with Gasteiger partial charge in [-0.2, -0.15) is 15.0 Å². The number of ether oxygens (including phenoxy) is 1. The predicted molar refractivity (Wildman–Crippen MR) is 68.1 cm³/mol. The van der Waals surface area contributed by atoms with Crippen LogP contribution in [0.4, 0.5) is 0 Å². The van der Waals surface area contributed by atoms with Crippen LogP contribution in [0.3, 0.4) is 0 Å². The number of esters is 1. The molecule has 0 bridgehead atoms. The Balaban J connectivity index is 3.20. The van der Waals surface area contributed by atoms with E-state index in [1.54, 1.807) is 6.92 Å². The Labute approximate surface area is 120 Å². The lowest BCUT2D eigenvalue weighted by molar-refractivity contribution is -0.0144. The lowest BCUT2D eigenvalue weighted by Crippen LogP contribution is -2.31. The van der Waals surface area contributed by atoms with Crippen molar-refractivity contribution in [1.82, 2.24) is 15.0 Å². The number of hydrogen-bond donors (Lipinski definition) is 2. The number of hydrogen-bond acceptors (Lipinski definition) is 7. The van der Waals surface area contributed by atoms with Crippen LogP contribution in [0.5, 0.6) is 0 Å². The van der Waals surface area contributed by atoms with E-state index in [1.807, 2.05) is 13.8 Å². The van der Waals surface area contributed by atoms with Gasteiger partial charge in [-0.3, -0.25) is 0 Å². The zero-order valence-electron chi connectivity index (χ0n) is 11.8. The maximum atomic E-state index is 12.0. The molecule has 2 N–H and O–H groups in total. The average Bonchev–Trinajstić information content (AvgIpc) is 2.46. The van der Waals surface area contributed by atoms with Gasteiger partial charge in [0.2, 0.25) is 17.5 Å². The lowest BCUT2D eigenvalue weighted by Gasteiger charge is -2.26. The van der Waals surface area contributed by atoms with Gasteiger partial charge in [0, 0.05) is 0 Å². The number of carboxylic acid groups (broad SMARTS) is 2. The van der Waals surface area contributed by atoms with E-state index in [0.29, 0.717) is 12.8 Å². The predicted octanol–water partition coefficient (Wildman–Crippen LogP) is 1.00. The summed E-state index contributed by atoms with van der Waals surface area (Å²) in [5.74, 6) is -6.43. The van der Waals surface area contributed by atoms with E-state index in [0.717, 1.165) is 0 Å². The third kappa shape index (κ3) is 3.94. The molecule has 0 unspecified atom stereocenters. The number of aromatic carboxylic acids is 2. The van der Waals surface area contributed by atoms with Gasteiger partial charge >= 0.3 is 17.9 Å². The molecule has 1 aromatic heterocycles. The van der Waals surface area contributed by atoms with Crippen molar-refractivity contribution in [2.24, 2.45) is 0 Å². The molecular formula is C12H15N3O6. The highest BCUT2D eigenvalue weighted by molar-refractivity contribution is 5.91. The lowest BCUT2D eigenvalue weighted by atomic mass is 10.0. The highest BCUT2D eigenvalue weighted by Crippen LogP contribution is 2.20. The van der Waals surface area contributed by atoms with Crippen LogP contribution < -0.4 is 0 Å². The van der Waals surface area contributed by atoms with Crippen LogP contribution >= 0.6 is 0 Å². The second-order valence-corrected chi connectivity index (χ2v) is 4.46. The summed E-state index contributed by atoms with van der Waals surface area (Å²) in [6, 6.07) is 0. The monoisotopic (exact) mass is 297 g/mol. The van der Waals surface area contributed by atoms with Gasteiger partial charge in [0.25, 0.3) is 0 Å². The third-order valence-electron chi connectivity index (χ3n) is 3.04. The van der Waals surface area contributed by atoms with E-state index >= 15 is 0 Å². The molecule has 0 radical (unpaired) electrons. The van der Waals surface area contributed by atoms with Crippen LogP contribution in [0, 0.1) is 0 Å². The molecule has 0 saturated carbocycles. The molecule has 0 aliphatic carbocycles. The molecule has 0 aromatic carbocycles. The van der Waals surface area contributed by atoms with Crippen molar-refractivity contribution in [1.29, 1.82) is 0 Å². The Kier molecular flexibility index (Phi) is 4.90. The first-order valence-electron chi connectivity index (χ1n) is 6.18. The molecule has 0 aliphatic heterocycles. The van der Waals surface area contributed by atoms with E-state index in [9.17, 15) is 14.4 Å². The summed E-state index contributed by atoms with van der Waals surface area (Å²) in [5, 5.41) is 17.6. The smallest absolute Gasteiger partial charge is 0.377 e. The van der Waals surface area contributed by atoms with Crippen molar-refractivity contribution in [3.8, 4) is 0 Å². The second kappa shape index (κ2) is 6.25. The van der Waals surface area contributed by atoms with Gasteiger partial charge in [-0.1, -0.05) is 13.8 Å².